The van der Waals surface area contributed by atoms with Crippen molar-refractivity contribution in [3.8, 4) is 0 Å². The zero-order valence-corrected chi connectivity index (χ0v) is 6.16. The van der Waals surface area contributed by atoms with Gasteiger partial charge in [-0.15, -0.1) is 0 Å². The summed E-state index contributed by atoms with van der Waals surface area (Å²) in [5, 5.41) is 25.0. The van der Waals surface area contributed by atoms with Crippen LogP contribution in [-0.2, 0) is 16.8 Å². The van der Waals surface area contributed by atoms with Gasteiger partial charge in [0.05, 0.1) is 0 Å². The summed E-state index contributed by atoms with van der Waals surface area (Å²) in [7, 11) is 0. The number of hydrogen-bond donors (Lipinski definition) is 0. The molecule has 0 saturated carbocycles. The maximum Gasteiger partial charge on any atom is 3.00 e. The molecule has 0 spiro atoms. The Morgan fingerprint density at radius 3 is 0.500 bits per heavy atom. The van der Waals surface area contributed by atoms with Crippen LogP contribution in [0.2, 0.25) is 0 Å². The van der Waals surface area contributed by atoms with E-state index in [1.54, 1.807) is 0 Å². The van der Waals surface area contributed by atoms with Gasteiger partial charge in [-0.1, -0.05) is 0 Å². The minimum Gasteiger partial charge on any atom is -0.512 e. The van der Waals surface area contributed by atoms with Gasteiger partial charge in [0.1, 0.15) is 0 Å². The summed E-state index contributed by atoms with van der Waals surface area (Å²) in [6.07, 6.45) is 0. The third-order valence-corrected chi connectivity index (χ3v) is 0. The van der Waals surface area contributed by atoms with Crippen molar-refractivity contribution in [2.45, 2.75) is 0 Å². The van der Waals surface area contributed by atoms with Crippen LogP contribution in [0.4, 0.5) is 0 Å². The van der Waals surface area contributed by atoms with Gasteiger partial charge in [-0.3, -0.25) is 0 Å². The molecule has 0 aromatic rings. The Labute approximate surface area is 83.0 Å². The van der Waals surface area contributed by atoms with Crippen LogP contribution in [0.1, 0.15) is 0 Å². The summed E-state index contributed by atoms with van der Waals surface area (Å²) in [6, 6.07) is 0. The fraction of sp³-hybridized carbons (Fsp3) is 0. The molecule has 0 aliphatic carbocycles. The molecule has 0 amide bonds. The first kappa shape index (κ1) is 62.8. The van der Waals surface area contributed by atoms with Crippen molar-refractivity contribution < 1.29 is 35.6 Å². The molecule has 0 aromatic carbocycles. The van der Waals surface area contributed by atoms with Crippen molar-refractivity contribution in [2.24, 2.45) is 0 Å². The minimum absolute atomic E-state index is 0. The van der Waals surface area contributed by atoms with E-state index in [1.165, 1.54) is 0 Å². The molecule has 46 valence electrons. The van der Waals surface area contributed by atoms with Gasteiger partial charge >= 0.3 is 35.6 Å². The Morgan fingerprint density at radius 1 is 0.500 bits per heavy atom. The van der Waals surface area contributed by atoms with E-state index in [0.29, 0.717) is 0 Å². The largest absolute Gasteiger partial charge is 3.00 e. The standard InChI is InChI=1S/4CN.Co.Li/c4*1-2;;/q4*-1;+3;+1. The molecule has 0 fully saturated rings. The number of nitrogens with zero attached hydrogens (tertiary/aromatic N) is 4. The smallest absolute Gasteiger partial charge is 0.512 e. The van der Waals surface area contributed by atoms with E-state index in [4.69, 9.17) is 47.3 Å². The fourth-order valence-electron chi connectivity index (χ4n) is 0. The Kier molecular flexibility index (Phi) is 2880. The minimum atomic E-state index is 0. The molecule has 0 unspecified atom stereocenters. The van der Waals surface area contributed by atoms with Crippen molar-refractivity contribution in [2.75, 3.05) is 0 Å². The summed E-state index contributed by atoms with van der Waals surface area (Å²) < 4.78 is 0. The van der Waals surface area contributed by atoms with Crippen LogP contribution in [0.25, 0.3) is 0 Å². The summed E-state index contributed by atoms with van der Waals surface area (Å²) >= 11 is 0. The molecule has 0 rings (SSSR count). The van der Waals surface area contributed by atoms with Gasteiger partial charge in [-0.05, 0) is 0 Å². The van der Waals surface area contributed by atoms with Gasteiger partial charge in [-0.25, -0.2) is 0 Å². The van der Waals surface area contributed by atoms with Gasteiger partial charge in [0, 0.05) is 0 Å². The average Bonchev–Trinajstić information content (AvgIpc) is 2.03. The maximum absolute atomic E-state index is 6.25. The van der Waals surface area contributed by atoms with Crippen molar-refractivity contribution in [3.05, 3.63) is 26.3 Å². The van der Waals surface area contributed by atoms with Gasteiger partial charge in [0.15, 0.2) is 0 Å². The van der Waals surface area contributed by atoms with Gasteiger partial charge in [0.2, 0.25) is 0 Å². The molecule has 4 nitrogen and oxygen atoms in total. The molecule has 0 aliphatic rings. The number of rotatable bonds is 0. The molecule has 0 atom stereocenters. The van der Waals surface area contributed by atoms with Crippen LogP contribution < -0.4 is 18.9 Å². The molecule has 6 heteroatoms. The molecule has 0 saturated heterocycles. The van der Waals surface area contributed by atoms with Gasteiger partial charge < -0.3 is 47.3 Å². The van der Waals surface area contributed by atoms with Crippen molar-refractivity contribution in [1.29, 1.82) is 21.0 Å². The summed E-state index contributed by atoms with van der Waals surface area (Å²) in [4.78, 5) is 0. The Bertz CT molecular complexity index is 60.2. The summed E-state index contributed by atoms with van der Waals surface area (Å²) in [5.41, 5.74) is 0. The first-order chi connectivity index (χ1) is 4.00. The SMILES string of the molecule is [C-]#N.[C-]#N.[C-]#N.[C-]#N.[Co+3].[Li+]. The van der Waals surface area contributed by atoms with Crippen LogP contribution in [-0.4, -0.2) is 0 Å². The second-order valence-electron chi connectivity index (χ2n) is 0. The average molecular weight is 170 g/mol. The van der Waals surface area contributed by atoms with E-state index in [9.17, 15) is 0 Å². The van der Waals surface area contributed by atoms with Crippen molar-refractivity contribution >= 4 is 0 Å². The molecule has 0 heterocycles. The van der Waals surface area contributed by atoms with E-state index in [-0.39, 0.29) is 35.6 Å². The molecule has 10 heavy (non-hydrogen) atoms. The van der Waals surface area contributed by atoms with E-state index in [2.05, 4.69) is 0 Å². The Balaban J connectivity index is -0.00000000500. The second kappa shape index (κ2) is 459. The predicted octanol–water partition coefficient (Wildman–Crippen LogP) is -2.61. The molecular formula is C4CoLiN4. The van der Waals surface area contributed by atoms with Gasteiger partial charge in [0.25, 0.3) is 0 Å². The summed E-state index contributed by atoms with van der Waals surface area (Å²) in [5.74, 6) is 0. The van der Waals surface area contributed by atoms with Gasteiger partial charge in [-0.2, -0.15) is 0 Å². The number of hydrogen-bond acceptors (Lipinski definition) is 4. The molecule has 0 radical (unpaired) electrons. The van der Waals surface area contributed by atoms with Crippen LogP contribution in [0.5, 0.6) is 0 Å². The molecule has 0 bridgehead atoms. The molecule has 0 aromatic heterocycles. The van der Waals surface area contributed by atoms with Crippen LogP contribution in [0, 0.1) is 47.3 Å². The van der Waals surface area contributed by atoms with E-state index in [0.717, 1.165) is 0 Å². The zero-order valence-electron chi connectivity index (χ0n) is 5.12. The Morgan fingerprint density at radius 2 is 0.500 bits per heavy atom. The first-order valence-corrected chi connectivity index (χ1v) is 0.894. The molecule has 0 aliphatic heterocycles. The zero-order chi connectivity index (χ0) is 8.00. The van der Waals surface area contributed by atoms with E-state index in [1.807, 2.05) is 0 Å². The quantitative estimate of drug-likeness (QED) is 0.293. The molecule has 0 N–H and O–H groups in total. The van der Waals surface area contributed by atoms with E-state index >= 15 is 0 Å². The van der Waals surface area contributed by atoms with Crippen molar-refractivity contribution in [3.63, 3.8) is 0 Å². The molecular weight excluding hydrogens is 170 g/mol. The van der Waals surface area contributed by atoms with Crippen LogP contribution >= 0.6 is 0 Å². The maximum atomic E-state index is 6.25. The predicted molar refractivity (Wildman–Crippen MR) is 19.9 cm³/mol. The second-order valence-corrected chi connectivity index (χ2v) is 0. The Hall–Kier alpha value is -0.936. The normalized spacial score (nSPS) is 0.800. The fourth-order valence-corrected chi connectivity index (χ4v) is 0. The van der Waals surface area contributed by atoms with Crippen LogP contribution in [0.3, 0.4) is 0 Å². The van der Waals surface area contributed by atoms with Crippen molar-refractivity contribution in [1.82, 2.24) is 0 Å². The summed E-state index contributed by atoms with van der Waals surface area (Å²) in [6.45, 7) is 19.0. The van der Waals surface area contributed by atoms with Crippen LogP contribution in [0.15, 0.2) is 0 Å². The third-order valence-electron chi connectivity index (χ3n) is 0. The third kappa shape index (κ3) is 296. The monoisotopic (exact) mass is 170 g/mol. The first-order valence-electron chi connectivity index (χ1n) is 0.894. The van der Waals surface area contributed by atoms with E-state index < -0.39 is 0 Å². The topological polar surface area (TPSA) is 95.2 Å².